The number of amides is 2. The molecule has 0 radical (unpaired) electrons. The highest BCUT2D eigenvalue weighted by atomic mass is 32.2. The first kappa shape index (κ1) is 20.7. The number of benzene rings is 2. The Morgan fingerprint density at radius 1 is 1.06 bits per heavy atom. The van der Waals surface area contributed by atoms with E-state index in [0.29, 0.717) is 4.91 Å². The van der Waals surface area contributed by atoms with E-state index < -0.39 is 0 Å². The molecule has 1 N–H and O–H groups in total. The number of aryl methyl sites for hydroxylation is 1. The fourth-order valence-electron chi connectivity index (χ4n) is 4.42. The van der Waals surface area contributed by atoms with E-state index in [0.717, 1.165) is 72.3 Å². The molecule has 1 aromatic heterocycles. The van der Waals surface area contributed by atoms with E-state index in [1.807, 2.05) is 18.2 Å². The number of aromatic nitrogens is 2. The molecule has 2 aliphatic rings. The van der Waals surface area contributed by atoms with Crippen LogP contribution >= 0.6 is 11.8 Å². The van der Waals surface area contributed by atoms with Crippen LogP contribution in [-0.4, -0.2) is 34.2 Å². The molecule has 0 spiro atoms. The third kappa shape index (κ3) is 4.53. The van der Waals surface area contributed by atoms with Gasteiger partial charge in [-0.1, -0.05) is 36.4 Å². The number of hydrogen-bond acceptors (Lipinski definition) is 6. The Morgan fingerprint density at radius 3 is 2.62 bits per heavy atom. The highest BCUT2D eigenvalue weighted by Crippen LogP contribution is 2.31. The minimum atomic E-state index is -0.345. The Kier molecular flexibility index (Phi) is 5.90. The summed E-state index contributed by atoms with van der Waals surface area (Å²) >= 11 is 0.929. The van der Waals surface area contributed by atoms with Crippen molar-refractivity contribution in [3.05, 3.63) is 70.9 Å². The predicted molar refractivity (Wildman–Crippen MR) is 128 cm³/mol. The molecule has 0 unspecified atom stereocenters. The number of piperidine rings is 1. The number of fused-ring (bicyclic) bond motifs is 1. The molecule has 7 heteroatoms. The van der Waals surface area contributed by atoms with Crippen LogP contribution in [0.5, 0.6) is 0 Å². The molecule has 2 aliphatic heterocycles. The molecule has 2 amide bonds. The molecule has 0 saturated carbocycles. The smallest absolute Gasteiger partial charge is 0.290 e. The Labute approximate surface area is 191 Å². The van der Waals surface area contributed by atoms with E-state index >= 15 is 0 Å². The van der Waals surface area contributed by atoms with Gasteiger partial charge in [-0.3, -0.25) is 14.9 Å². The summed E-state index contributed by atoms with van der Waals surface area (Å²) in [5.74, 6) is 1.33. The maximum absolute atomic E-state index is 11.9. The molecule has 2 fully saturated rings. The van der Waals surface area contributed by atoms with Crippen LogP contribution in [0, 0.1) is 5.92 Å². The van der Waals surface area contributed by atoms with E-state index in [1.165, 1.54) is 12.0 Å². The number of thioether (sulfide) groups is 1. The van der Waals surface area contributed by atoms with Crippen LogP contribution in [0.15, 0.2) is 59.8 Å². The van der Waals surface area contributed by atoms with Gasteiger partial charge < -0.3 is 4.90 Å². The lowest BCUT2D eigenvalue weighted by Crippen LogP contribution is -2.34. The fourth-order valence-corrected chi connectivity index (χ4v) is 5.11. The lowest BCUT2D eigenvalue weighted by Gasteiger charge is -2.33. The van der Waals surface area contributed by atoms with Crippen molar-refractivity contribution in [2.75, 3.05) is 18.0 Å². The van der Waals surface area contributed by atoms with Crippen LogP contribution in [0.3, 0.4) is 0 Å². The van der Waals surface area contributed by atoms with Gasteiger partial charge in [0.1, 0.15) is 12.1 Å². The fraction of sp³-hybridized carbons (Fsp3) is 0.280. The molecule has 3 aromatic rings. The van der Waals surface area contributed by atoms with Gasteiger partial charge in [-0.2, -0.15) is 0 Å². The van der Waals surface area contributed by atoms with Gasteiger partial charge in [0, 0.05) is 18.5 Å². The number of rotatable bonds is 5. The van der Waals surface area contributed by atoms with E-state index in [9.17, 15) is 9.59 Å². The van der Waals surface area contributed by atoms with Crippen LogP contribution in [0.4, 0.5) is 10.6 Å². The van der Waals surface area contributed by atoms with Gasteiger partial charge in [0.25, 0.3) is 11.1 Å². The largest absolute Gasteiger partial charge is 0.356 e. The Morgan fingerprint density at radius 2 is 1.88 bits per heavy atom. The second-order valence-corrected chi connectivity index (χ2v) is 9.30. The highest BCUT2D eigenvalue weighted by Gasteiger charge is 2.25. The van der Waals surface area contributed by atoms with E-state index in [4.69, 9.17) is 0 Å². The number of carbonyl (C=O) groups is 2. The van der Waals surface area contributed by atoms with Crippen LogP contribution in [0.1, 0.15) is 30.4 Å². The number of imide groups is 1. The number of nitrogens with one attached hydrogen (secondary N) is 1. The molecule has 3 heterocycles. The third-order valence-electron chi connectivity index (χ3n) is 6.18. The number of carbonyl (C=O) groups excluding carboxylic acids is 2. The lowest BCUT2D eigenvalue weighted by molar-refractivity contribution is -0.115. The van der Waals surface area contributed by atoms with E-state index in [-0.39, 0.29) is 11.1 Å². The minimum absolute atomic E-state index is 0.332. The third-order valence-corrected chi connectivity index (χ3v) is 6.99. The molecular formula is C25H24N4O2S. The topological polar surface area (TPSA) is 75.2 Å². The molecule has 0 bridgehead atoms. The van der Waals surface area contributed by atoms with Crippen molar-refractivity contribution >= 4 is 45.7 Å². The van der Waals surface area contributed by atoms with Crippen LogP contribution in [0.25, 0.3) is 17.0 Å². The molecule has 0 atom stereocenters. The molecule has 0 aliphatic carbocycles. The van der Waals surface area contributed by atoms with Crippen LogP contribution < -0.4 is 10.2 Å². The second-order valence-electron chi connectivity index (χ2n) is 8.28. The second kappa shape index (κ2) is 9.12. The molecule has 6 nitrogen and oxygen atoms in total. The van der Waals surface area contributed by atoms with Gasteiger partial charge >= 0.3 is 0 Å². The molecule has 2 saturated heterocycles. The average Bonchev–Trinajstić information content (AvgIpc) is 3.14. The molecule has 32 heavy (non-hydrogen) atoms. The monoisotopic (exact) mass is 444 g/mol. The summed E-state index contributed by atoms with van der Waals surface area (Å²) in [6, 6.07) is 16.6. The minimum Gasteiger partial charge on any atom is -0.356 e. The quantitative estimate of drug-likeness (QED) is 0.570. The van der Waals surface area contributed by atoms with Gasteiger partial charge in [-0.25, -0.2) is 9.97 Å². The molecule has 2 aromatic carbocycles. The zero-order valence-corrected chi connectivity index (χ0v) is 18.5. The number of nitrogens with zero attached hydrogens (tertiary/aromatic N) is 3. The van der Waals surface area contributed by atoms with Gasteiger partial charge in [0.05, 0.1) is 10.4 Å². The summed E-state index contributed by atoms with van der Waals surface area (Å²) < 4.78 is 0. The lowest BCUT2D eigenvalue weighted by atomic mass is 9.90. The van der Waals surface area contributed by atoms with Gasteiger partial charge in [-0.15, -0.1) is 0 Å². The first-order valence-corrected chi connectivity index (χ1v) is 11.8. The summed E-state index contributed by atoms with van der Waals surface area (Å²) in [4.78, 5) is 35.1. The number of hydrogen-bond donors (Lipinski definition) is 1. The van der Waals surface area contributed by atoms with Gasteiger partial charge in [-0.05, 0) is 72.7 Å². The average molecular weight is 445 g/mol. The molecule has 162 valence electrons. The molecule has 5 rings (SSSR count). The SMILES string of the molecule is O=C1NC(=O)/C(=C/c2ccc3ncnc(N4CCC(CCc5ccccc5)CC4)c3c2)S1. The first-order chi connectivity index (χ1) is 15.7. The number of anilines is 1. The van der Waals surface area contributed by atoms with Crippen molar-refractivity contribution in [2.24, 2.45) is 5.92 Å². The Balaban J connectivity index is 1.30. The Bertz CT molecular complexity index is 1190. The van der Waals surface area contributed by atoms with E-state index in [1.54, 1.807) is 12.4 Å². The van der Waals surface area contributed by atoms with E-state index in [2.05, 4.69) is 50.5 Å². The predicted octanol–water partition coefficient (Wildman–Crippen LogP) is 4.80. The van der Waals surface area contributed by atoms with Gasteiger partial charge in [0.15, 0.2) is 0 Å². The summed E-state index contributed by atoms with van der Waals surface area (Å²) in [6.07, 6.45) is 8.03. The summed E-state index contributed by atoms with van der Waals surface area (Å²) in [6.45, 7) is 1.95. The van der Waals surface area contributed by atoms with Gasteiger partial charge in [0.2, 0.25) is 0 Å². The van der Waals surface area contributed by atoms with Crippen molar-refractivity contribution in [1.82, 2.24) is 15.3 Å². The van der Waals surface area contributed by atoms with Crippen molar-refractivity contribution < 1.29 is 9.59 Å². The molecular weight excluding hydrogens is 420 g/mol. The van der Waals surface area contributed by atoms with Crippen molar-refractivity contribution in [1.29, 1.82) is 0 Å². The standard InChI is InChI=1S/C25H24N4O2S/c30-24-22(32-25(31)28-24)15-19-8-9-21-20(14-19)23(27-16-26-21)29-12-10-18(11-13-29)7-6-17-4-2-1-3-5-17/h1-5,8-9,14-16,18H,6-7,10-13H2,(H,28,30,31)/b22-15-. The first-order valence-electron chi connectivity index (χ1n) is 10.9. The van der Waals surface area contributed by atoms with Crippen LogP contribution in [-0.2, 0) is 11.2 Å². The van der Waals surface area contributed by atoms with Crippen molar-refractivity contribution in [3.8, 4) is 0 Å². The summed E-state index contributed by atoms with van der Waals surface area (Å²) in [5.41, 5.74) is 3.15. The van der Waals surface area contributed by atoms with Crippen molar-refractivity contribution in [2.45, 2.75) is 25.7 Å². The van der Waals surface area contributed by atoms with Crippen molar-refractivity contribution in [3.63, 3.8) is 0 Å². The zero-order chi connectivity index (χ0) is 21.9. The maximum atomic E-state index is 11.9. The highest BCUT2D eigenvalue weighted by molar-refractivity contribution is 8.18. The summed E-state index contributed by atoms with van der Waals surface area (Å²) in [5, 5.41) is 2.94. The van der Waals surface area contributed by atoms with Crippen LogP contribution in [0.2, 0.25) is 0 Å². The summed E-state index contributed by atoms with van der Waals surface area (Å²) in [7, 11) is 0. The normalized spacial score (nSPS) is 18.5. The zero-order valence-electron chi connectivity index (χ0n) is 17.7. The maximum Gasteiger partial charge on any atom is 0.290 e. The Hall–Kier alpha value is -3.19.